The van der Waals surface area contributed by atoms with Crippen molar-refractivity contribution in [3.05, 3.63) is 73.5 Å². The molecular weight excluding hydrogens is 472 g/mol. The number of hydrogen-bond donors (Lipinski definition) is 0. The van der Waals surface area contributed by atoms with E-state index in [4.69, 9.17) is 18.9 Å². The zero-order valence-corrected chi connectivity index (χ0v) is 21.7. The Morgan fingerprint density at radius 1 is 0.395 bits per heavy atom. The highest BCUT2D eigenvalue weighted by atomic mass is 16.5. The monoisotopic (exact) mass is 532 g/mol. The van der Waals surface area contributed by atoms with Crippen LogP contribution in [-0.2, 0) is 18.9 Å². The Balaban J connectivity index is 0. The molecule has 0 spiro atoms. The number of ether oxygens (including phenoxy) is 4. The summed E-state index contributed by atoms with van der Waals surface area (Å²) in [6, 6.07) is 0. The van der Waals surface area contributed by atoms with Crippen LogP contribution in [0.4, 0.5) is 0 Å². The van der Waals surface area contributed by atoms with Gasteiger partial charge in [0, 0.05) is 6.42 Å². The van der Waals surface area contributed by atoms with Crippen molar-refractivity contribution < 1.29 is 18.9 Å². The fourth-order valence-electron chi connectivity index (χ4n) is 3.89. The highest BCUT2D eigenvalue weighted by Gasteiger charge is 2.26. The fourth-order valence-corrected chi connectivity index (χ4v) is 3.89. The molecule has 4 heteroatoms. The van der Waals surface area contributed by atoms with Gasteiger partial charge in [0.15, 0.2) is 0 Å². The molecule has 2 unspecified atom stereocenters. The van der Waals surface area contributed by atoms with Crippen molar-refractivity contribution in [2.75, 3.05) is 19.8 Å². The van der Waals surface area contributed by atoms with Crippen molar-refractivity contribution in [1.29, 1.82) is 0 Å². The van der Waals surface area contributed by atoms with Gasteiger partial charge in [0.25, 0.3) is 0 Å². The van der Waals surface area contributed by atoms with Crippen LogP contribution >= 0.6 is 0 Å². The van der Waals surface area contributed by atoms with Crippen LogP contribution in [0.15, 0.2) is 73.5 Å². The number of hydrogen-bond acceptors (Lipinski definition) is 4. The molecule has 38 heavy (non-hydrogen) atoms. The molecule has 1 fully saturated rings. The minimum atomic E-state index is 0. The van der Waals surface area contributed by atoms with Crippen LogP contribution in [0.2, 0.25) is 0 Å². The van der Waals surface area contributed by atoms with E-state index in [9.17, 15) is 0 Å². The molecule has 2 aliphatic carbocycles. The number of allylic oxidation sites excluding steroid dienone is 6. The Hall–Kier alpha value is -2.20. The summed E-state index contributed by atoms with van der Waals surface area (Å²) >= 11 is 0. The second-order valence-electron chi connectivity index (χ2n) is 9.13. The molecule has 0 aromatic carbocycles. The van der Waals surface area contributed by atoms with Crippen LogP contribution in [0.25, 0.3) is 0 Å². The van der Waals surface area contributed by atoms with Crippen LogP contribution in [0.1, 0.15) is 112 Å². The van der Waals surface area contributed by atoms with Gasteiger partial charge in [-0.25, -0.2) is 0 Å². The summed E-state index contributed by atoms with van der Waals surface area (Å²) in [4.78, 5) is 0. The third-order valence-electron chi connectivity index (χ3n) is 5.94. The molecule has 5 aliphatic heterocycles. The molecule has 0 aromatic heterocycles. The van der Waals surface area contributed by atoms with Gasteiger partial charge in [-0.1, -0.05) is 58.7 Å². The third kappa shape index (κ3) is 23.0. The van der Waals surface area contributed by atoms with Gasteiger partial charge < -0.3 is 18.9 Å². The second kappa shape index (κ2) is 29.4. The molecule has 0 amide bonds. The van der Waals surface area contributed by atoms with E-state index in [0.717, 1.165) is 26.2 Å². The zero-order valence-electron chi connectivity index (χ0n) is 21.7. The van der Waals surface area contributed by atoms with Crippen molar-refractivity contribution >= 4 is 0 Å². The molecule has 0 saturated carbocycles. The fraction of sp³-hybridized carbons (Fsp3) is 0.647. The van der Waals surface area contributed by atoms with Gasteiger partial charge in [-0.3, -0.25) is 0 Å². The van der Waals surface area contributed by atoms with E-state index in [1.807, 2.05) is 18.2 Å². The van der Waals surface area contributed by atoms with Crippen LogP contribution in [0.5, 0.6) is 0 Å². The lowest BCUT2D eigenvalue weighted by Gasteiger charge is -2.01. The second-order valence-corrected chi connectivity index (χ2v) is 9.13. The largest absolute Gasteiger partial charge is 0.502 e. The first-order chi connectivity index (χ1) is 17.4. The smallest absolute Gasteiger partial charge is 0.0908 e. The molecule has 5 heterocycles. The molecule has 7 aliphatic rings. The lowest BCUT2D eigenvalue weighted by Crippen LogP contribution is -1.95. The molecule has 2 bridgehead atoms. The molecule has 7 rings (SSSR count). The number of fused-ring (bicyclic) bond motifs is 2. The summed E-state index contributed by atoms with van der Waals surface area (Å²) in [7, 11) is 0. The van der Waals surface area contributed by atoms with Gasteiger partial charge in [-0.2, -0.15) is 0 Å². The lowest BCUT2D eigenvalue weighted by molar-refractivity contribution is 0.120. The average molecular weight is 533 g/mol. The minimum absolute atomic E-state index is 0. The van der Waals surface area contributed by atoms with Crippen molar-refractivity contribution in [3.8, 4) is 0 Å². The lowest BCUT2D eigenvalue weighted by atomic mass is 10.1. The van der Waals surface area contributed by atoms with E-state index >= 15 is 0 Å². The summed E-state index contributed by atoms with van der Waals surface area (Å²) in [5.74, 6) is 0. The topological polar surface area (TPSA) is 36.9 Å². The van der Waals surface area contributed by atoms with E-state index in [2.05, 4.69) is 36.5 Å². The van der Waals surface area contributed by atoms with Gasteiger partial charge in [-0.05, 0) is 102 Å². The highest BCUT2D eigenvalue weighted by Crippen LogP contribution is 2.27. The van der Waals surface area contributed by atoms with E-state index in [1.165, 1.54) is 83.5 Å². The van der Waals surface area contributed by atoms with E-state index in [-0.39, 0.29) is 22.3 Å². The molecule has 220 valence electrons. The summed E-state index contributed by atoms with van der Waals surface area (Å²) in [5, 5.41) is 0. The van der Waals surface area contributed by atoms with E-state index in [0.29, 0.717) is 12.2 Å². The summed E-state index contributed by atoms with van der Waals surface area (Å²) in [6.07, 6.45) is 43.5. The summed E-state index contributed by atoms with van der Waals surface area (Å²) in [6.45, 7) is 2.72. The Morgan fingerprint density at radius 3 is 0.921 bits per heavy atom. The predicted molar refractivity (Wildman–Crippen MR) is 166 cm³/mol. The predicted octanol–water partition coefficient (Wildman–Crippen LogP) is 10.4. The zero-order chi connectivity index (χ0) is 24.5. The molecule has 1 saturated heterocycles. The van der Waals surface area contributed by atoms with Gasteiger partial charge in [-0.15, -0.1) is 0 Å². The van der Waals surface area contributed by atoms with Crippen molar-refractivity contribution in [3.63, 3.8) is 0 Å². The highest BCUT2D eigenvalue weighted by molar-refractivity contribution is 5.07. The maximum Gasteiger partial charge on any atom is 0.0908 e. The normalized spacial score (nSPS) is 23.4. The molecule has 0 N–H and O–H groups in total. The van der Waals surface area contributed by atoms with E-state index in [1.54, 1.807) is 18.8 Å². The molecular formula is C34H60O4. The first-order valence-electron chi connectivity index (χ1n) is 13.9. The molecule has 0 radical (unpaired) electrons. The van der Waals surface area contributed by atoms with Crippen LogP contribution in [0, 0.1) is 0 Å². The Labute approximate surface area is 236 Å². The number of rotatable bonds is 0. The molecule has 2 atom stereocenters. The Bertz CT molecular complexity index is 553. The maximum absolute atomic E-state index is 5.36. The van der Waals surface area contributed by atoms with Crippen molar-refractivity contribution in [2.24, 2.45) is 0 Å². The first-order valence-corrected chi connectivity index (χ1v) is 13.9. The summed E-state index contributed by atoms with van der Waals surface area (Å²) in [5.41, 5.74) is 0. The van der Waals surface area contributed by atoms with E-state index < -0.39 is 0 Å². The quantitative estimate of drug-likeness (QED) is 0.291. The minimum Gasteiger partial charge on any atom is -0.502 e. The molecule has 0 aromatic rings. The van der Waals surface area contributed by atoms with Crippen LogP contribution in [-0.4, -0.2) is 32.0 Å². The Morgan fingerprint density at radius 2 is 0.789 bits per heavy atom. The van der Waals surface area contributed by atoms with Crippen molar-refractivity contribution in [2.45, 2.75) is 124 Å². The van der Waals surface area contributed by atoms with Gasteiger partial charge in [0.1, 0.15) is 0 Å². The van der Waals surface area contributed by atoms with Gasteiger partial charge in [0.05, 0.1) is 50.8 Å². The van der Waals surface area contributed by atoms with Gasteiger partial charge >= 0.3 is 0 Å². The average Bonchev–Trinajstić information content (AvgIpc) is 3.81. The molecule has 4 nitrogen and oxygen atoms in total. The SMILES string of the molecule is C.C.C.C1=CC2CCC1O2.C1=CCCC1.C1=CCCCC1.C1=COCC1.C1=COCCC1.C1=COCCC1. The van der Waals surface area contributed by atoms with Crippen molar-refractivity contribution in [1.82, 2.24) is 0 Å². The third-order valence-corrected chi connectivity index (χ3v) is 5.94. The standard InChI is InChI=1S/C6H8O.C6H10.2C5H8O.C5H8.C4H6O.3CH4/c1-2-6-4-3-5(1)7-6;3*1-2-4-6-5-3-1;2*1-2-4-5-3-1;;;/h1-2,5-6H,3-4H2;1-2H,3-6H2;2*2,4H,1,3,5H2;1-2H,3-5H2;1,3H,2,4H2;3*1H4. The maximum atomic E-state index is 5.36. The van der Waals surface area contributed by atoms with Crippen LogP contribution < -0.4 is 0 Å². The van der Waals surface area contributed by atoms with Gasteiger partial charge in [0.2, 0.25) is 0 Å². The first kappa shape index (κ1) is 37.9. The van der Waals surface area contributed by atoms with Crippen LogP contribution in [0.3, 0.4) is 0 Å². The summed E-state index contributed by atoms with van der Waals surface area (Å²) < 4.78 is 19.9. The Kier molecular flexibility index (Phi) is 29.3.